The third-order valence-corrected chi connectivity index (χ3v) is 7.23. The molecule has 2 aliphatic heterocycles. The largest absolute Gasteiger partial charge is 0.461 e. The number of ether oxygens (including phenoxy) is 2. The fraction of sp³-hybridized carbons (Fsp3) is 0.542. The molecule has 2 aromatic rings. The van der Waals surface area contributed by atoms with Crippen molar-refractivity contribution in [3.63, 3.8) is 0 Å². The summed E-state index contributed by atoms with van der Waals surface area (Å²) in [6.07, 6.45) is 1.90. The Balaban J connectivity index is 1.57. The highest BCUT2D eigenvalue weighted by molar-refractivity contribution is 7.09. The van der Waals surface area contributed by atoms with Crippen LogP contribution in [0, 0.1) is 0 Å². The Hall–Kier alpha value is -2.45. The zero-order valence-corrected chi connectivity index (χ0v) is 19.6. The molecule has 172 valence electrons. The van der Waals surface area contributed by atoms with Gasteiger partial charge in [0.2, 0.25) is 0 Å². The minimum Gasteiger partial charge on any atom is -0.461 e. The van der Waals surface area contributed by atoms with E-state index in [-0.39, 0.29) is 17.9 Å². The number of hydrogen-bond donors (Lipinski definition) is 0. The van der Waals surface area contributed by atoms with Crippen molar-refractivity contribution < 1.29 is 19.1 Å². The van der Waals surface area contributed by atoms with Crippen molar-refractivity contribution >= 4 is 23.3 Å². The Labute approximate surface area is 193 Å². The van der Waals surface area contributed by atoms with Gasteiger partial charge in [-0.2, -0.15) is 0 Å². The lowest BCUT2D eigenvalue weighted by Gasteiger charge is -2.40. The molecule has 4 rings (SSSR count). The molecule has 1 aromatic heterocycles. The van der Waals surface area contributed by atoms with Gasteiger partial charge in [0.25, 0.3) is 0 Å². The number of morpholine rings is 1. The van der Waals surface area contributed by atoms with Crippen LogP contribution >= 0.6 is 11.3 Å². The predicted molar refractivity (Wildman–Crippen MR) is 123 cm³/mol. The molecule has 0 N–H and O–H groups in total. The van der Waals surface area contributed by atoms with Gasteiger partial charge in [0.1, 0.15) is 0 Å². The van der Waals surface area contributed by atoms with Crippen molar-refractivity contribution in [3.8, 4) is 0 Å². The fourth-order valence-electron chi connectivity index (χ4n) is 4.43. The van der Waals surface area contributed by atoms with Gasteiger partial charge in [0, 0.05) is 43.4 Å². The minimum atomic E-state index is -0.390. The molecule has 2 unspecified atom stereocenters. The van der Waals surface area contributed by atoms with Gasteiger partial charge in [0.15, 0.2) is 5.69 Å². The molecule has 0 aliphatic carbocycles. The highest BCUT2D eigenvalue weighted by atomic mass is 32.1. The van der Waals surface area contributed by atoms with E-state index in [1.54, 1.807) is 12.3 Å². The van der Waals surface area contributed by atoms with E-state index in [9.17, 15) is 9.59 Å². The van der Waals surface area contributed by atoms with Gasteiger partial charge < -0.3 is 19.3 Å². The van der Waals surface area contributed by atoms with E-state index in [0.717, 1.165) is 17.8 Å². The Morgan fingerprint density at radius 1 is 1.09 bits per heavy atom. The molecule has 2 aliphatic rings. The highest BCUT2D eigenvalue weighted by Crippen LogP contribution is 2.37. The van der Waals surface area contributed by atoms with E-state index in [1.807, 2.05) is 9.80 Å². The van der Waals surface area contributed by atoms with E-state index >= 15 is 0 Å². The first kappa shape index (κ1) is 22.7. The molecule has 2 fully saturated rings. The lowest BCUT2D eigenvalue weighted by molar-refractivity contribution is 0.0398. The number of carbonyl (C=O) groups excluding carboxylic acids is 2. The van der Waals surface area contributed by atoms with Gasteiger partial charge in [-0.05, 0) is 30.9 Å². The molecule has 2 amide bonds. The number of thiazole rings is 1. The summed E-state index contributed by atoms with van der Waals surface area (Å²) < 4.78 is 10.5. The van der Waals surface area contributed by atoms with Crippen molar-refractivity contribution in [2.45, 2.75) is 38.5 Å². The van der Waals surface area contributed by atoms with Crippen molar-refractivity contribution in [2.75, 3.05) is 46.0 Å². The number of piperidine rings is 1. The number of urea groups is 1. The number of benzene rings is 1. The molecule has 0 saturated carbocycles. The van der Waals surface area contributed by atoms with Crippen LogP contribution in [-0.4, -0.2) is 72.8 Å². The van der Waals surface area contributed by atoms with Crippen molar-refractivity contribution in [1.82, 2.24) is 14.8 Å². The maximum atomic E-state index is 13.3. The highest BCUT2D eigenvalue weighted by Gasteiger charge is 2.35. The number of amides is 2. The number of rotatable bonds is 5. The molecule has 1 aromatic carbocycles. The quantitative estimate of drug-likeness (QED) is 0.637. The van der Waals surface area contributed by atoms with Crippen LogP contribution in [0.1, 0.15) is 58.7 Å². The third kappa shape index (κ3) is 5.13. The van der Waals surface area contributed by atoms with E-state index in [2.05, 4.69) is 36.2 Å². The second-order valence-corrected chi connectivity index (χ2v) is 9.19. The minimum absolute atomic E-state index is 0.0651. The number of aromatic nitrogens is 1. The number of aryl methyl sites for hydroxylation is 1. The lowest BCUT2D eigenvalue weighted by Crippen LogP contribution is -2.52. The van der Waals surface area contributed by atoms with Gasteiger partial charge in [-0.25, -0.2) is 14.6 Å². The first-order valence-electron chi connectivity index (χ1n) is 11.4. The summed E-state index contributed by atoms with van der Waals surface area (Å²) in [4.78, 5) is 33.8. The van der Waals surface area contributed by atoms with Gasteiger partial charge in [-0.15, -0.1) is 11.3 Å². The van der Waals surface area contributed by atoms with Gasteiger partial charge in [0.05, 0.1) is 24.8 Å². The molecule has 2 saturated heterocycles. The summed E-state index contributed by atoms with van der Waals surface area (Å²) in [7, 11) is 0. The first-order chi connectivity index (χ1) is 15.6. The van der Waals surface area contributed by atoms with E-state index in [1.165, 1.54) is 22.5 Å². The van der Waals surface area contributed by atoms with Crippen LogP contribution < -0.4 is 0 Å². The standard InChI is InChI=1S/C24H31N3O4S/c1-3-17-5-7-18(8-6-17)19-13-20(22-25-21(16-32-22)23(28)31-4-2)15-27(14-19)24(29)26-9-11-30-12-10-26/h5-8,16,19-20H,3-4,9-15H2,1-2H3. The van der Waals surface area contributed by atoms with Crippen LogP contribution in [-0.2, 0) is 15.9 Å². The zero-order valence-electron chi connectivity index (χ0n) is 18.8. The normalized spacial score (nSPS) is 21.4. The molecule has 8 heteroatoms. The van der Waals surface area contributed by atoms with E-state index < -0.39 is 5.97 Å². The fourth-order valence-corrected chi connectivity index (χ4v) is 5.33. The number of hydrogen-bond acceptors (Lipinski definition) is 6. The summed E-state index contributed by atoms with van der Waals surface area (Å²) >= 11 is 1.48. The first-order valence-corrected chi connectivity index (χ1v) is 12.3. The number of likely N-dealkylation sites (tertiary alicyclic amines) is 1. The Bertz CT molecular complexity index is 924. The van der Waals surface area contributed by atoms with Crippen molar-refractivity contribution in [2.24, 2.45) is 0 Å². The van der Waals surface area contributed by atoms with Crippen molar-refractivity contribution in [3.05, 3.63) is 51.5 Å². The van der Waals surface area contributed by atoms with Crippen LogP contribution in [0.3, 0.4) is 0 Å². The second kappa shape index (κ2) is 10.4. The maximum Gasteiger partial charge on any atom is 0.357 e. The molecular weight excluding hydrogens is 426 g/mol. The molecule has 0 spiro atoms. The summed E-state index contributed by atoms with van der Waals surface area (Å²) in [5.41, 5.74) is 2.91. The average Bonchev–Trinajstić information content (AvgIpc) is 3.35. The van der Waals surface area contributed by atoms with Gasteiger partial charge >= 0.3 is 12.0 Å². The molecule has 0 radical (unpaired) electrons. The Kier molecular flexibility index (Phi) is 7.42. The van der Waals surface area contributed by atoms with Gasteiger partial charge in [-0.3, -0.25) is 0 Å². The van der Waals surface area contributed by atoms with E-state index in [0.29, 0.717) is 51.7 Å². The van der Waals surface area contributed by atoms with Crippen LogP contribution in [0.4, 0.5) is 4.79 Å². The molecule has 2 atom stereocenters. The summed E-state index contributed by atoms with van der Waals surface area (Å²) in [5.74, 6) is -0.0869. The number of esters is 1. The van der Waals surface area contributed by atoms with Crippen LogP contribution in [0.25, 0.3) is 0 Å². The Morgan fingerprint density at radius 2 is 1.81 bits per heavy atom. The smallest absolute Gasteiger partial charge is 0.357 e. The van der Waals surface area contributed by atoms with Gasteiger partial charge in [-0.1, -0.05) is 31.2 Å². The predicted octanol–water partition coefficient (Wildman–Crippen LogP) is 3.91. The molecule has 0 bridgehead atoms. The Morgan fingerprint density at radius 3 is 2.50 bits per heavy atom. The average molecular weight is 458 g/mol. The van der Waals surface area contributed by atoms with Crippen molar-refractivity contribution in [1.29, 1.82) is 0 Å². The van der Waals surface area contributed by atoms with E-state index in [4.69, 9.17) is 9.47 Å². The topological polar surface area (TPSA) is 72.0 Å². The molecule has 32 heavy (non-hydrogen) atoms. The van der Waals surface area contributed by atoms with Crippen LogP contribution in [0.5, 0.6) is 0 Å². The SMILES string of the molecule is CCOC(=O)c1csc(C2CC(c3ccc(CC)cc3)CN(C(=O)N3CCOCC3)C2)n1. The molecule has 7 nitrogen and oxygen atoms in total. The second-order valence-electron chi connectivity index (χ2n) is 8.30. The summed E-state index contributed by atoms with van der Waals surface area (Å²) in [6, 6.07) is 8.80. The third-order valence-electron chi connectivity index (χ3n) is 6.22. The molecular formula is C24H31N3O4S. The zero-order chi connectivity index (χ0) is 22.5. The van der Waals surface area contributed by atoms with Crippen LogP contribution in [0.2, 0.25) is 0 Å². The lowest BCUT2D eigenvalue weighted by atomic mass is 9.84. The summed E-state index contributed by atoms with van der Waals surface area (Å²) in [6.45, 7) is 7.98. The molecule has 3 heterocycles. The maximum absolute atomic E-state index is 13.3. The summed E-state index contributed by atoms with van der Waals surface area (Å²) in [5, 5.41) is 2.66. The number of carbonyl (C=O) groups is 2. The number of nitrogens with zero attached hydrogens (tertiary/aromatic N) is 3. The van der Waals surface area contributed by atoms with Crippen LogP contribution in [0.15, 0.2) is 29.6 Å². The monoisotopic (exact) mass is 457 g/mol.